The smallest absolute Gasteiger partial charge is 0.243 e. The monoisotopic (exact) mass is 503 g/mol. The molecule has 2 heterocycles. The minimum absolute atomic E-state index is 0.0135. The predicted octanol–water partition coefficient (Wildman–Crippen LogP) is 2.59. The Labute approximate surface area is 207 Å². The first-order valence-corrected chi connectivity index (χ1v) is 13.2. The fraction of sp³-hybridized carbons (Fsp3) is 0.480. The molecule has 4 rings (SSSR count). The number of morpholine rings is 1. The SMILES string of the molecule is COc1cc2c(cc1OC)[C@@H](C)N(CC(=O)Nc1ccc(C)c(S(=O)(=O)N3CCOCC3)c1)CC2. The molecule has 1 amide bonds. The maximum atomic E-state index is 13.2. The van der Waals surface area contributed by atoms with Crippen LogP contribution in [0.25, 0.3) is 0 Å². The lowest BCUT2D eigenvalue weighted by Gasteiger charge is -2.35. The van der Waals surface area contributed by atoms with Crippen molar-refractivity contribution in [3.63, 3.8) is 0 Å². The Kier molecular flexibility index (Phi) is 7.65. The van der Waals surface area contributed by atoms with Crippen molar-refractivity contribution in [1.82, 2.24) is 9.21 Å². The largest absolute Gasteiger partial charge is 0.493 e. The number of aryl methyl sites for hydroxylation is 1. The topological polar surface area (TPSA) is 97.4 Å². The molecule has 2 aliphatic rings. The van der Waals surface area contributed by atoms with Crippen LogP contribution in [0.3, 0.4) is 0 Å². The van der Waals surface area contributed by atoms with Crippen LogP contribution in [0.4, 0.5) is 5.69 Å². The molecule has 0 aliphatic carbocycles. The quantitative estimate of drug-likeness (QED) is 0.620. The van der Waals surface area contributed by atoms with Crippen LogP contribution in [0.15, 0.2) is 35.2 Å². The second kappa shape index (κ2) is 10.5. The number of nitrogens with one attached hydrogen (secondary N) is 1. The van der Waals surface area contributed by atoms with Gasteiger partial charge in [0.05, 0.1) is 38.9 Å². The number of hydrogen-bond acceptors (Lipinski definition) is 7. The lowest BCUT2D eigenvalue weighted by molar-refractivity contribution is -0.117. The minimum Gasteiger partial charge on any atom is -0.493 e. The van der Waals surface area contributed by atoms with E-state index in [0.717, 1.165) is 18.5 Å². The summed E-state index contributed by atoms with van der Waals surface area (Å²) < 4.78 is 43.9. The van der Waals surface area contributed by atoms with E-state index in [1.165, 1.54) is 9.87 Å². The van der Waals surface area contributed by atoms with Gasteiger partial charge in [-0.1, -0.05) is 6.07 Å². The molecular weight excluding hydrogens is 470 g/mol. The summed E-state index contributed by atoms with van der Waals surface area (Å²) in [6.45, 7) is 6.14. The molecule has 0 saturated carbocycles. The Balaban J connectivity index is 1.47. The average Bonchev–Trinajstić information content (AvgIpc) is 2.86. The van der Waals surface area contributed by atoms with E-state index in [-0.39, 0.29) is 23.4 Å². The van der Waals surface area contributed by atoms with Crippen LogP contribution in [0, 0.1) is 6.92 Å². The van der Waals surface area contributed by atoms with Crippen molar-refractivity contribution in [3.8, 4) is 11.5 Å². The van der Waals surface area contributed by atoms with Gasteiger partial charge in [0.25, 0.3) is 0 Å². The van der Waals surface area contributed by atoms with E-state index in [4.69, 9.17) is 14.2 Å². The van der Waals surface area contributed by atoms with E-state index in [1.807, 2.05) is 12.1 Å². The number of carbonyl (C=O) groups is 1. The average molecular weight is 504 g/mol. The Morgan fingerprint density at radius 3 is 2.46 bits per heavy atom. The summed E-state index contributed by atoms with van der Waals surface area (Å²) in [6.07, 6.45) is 0.791. The van der Waals surface area contributed by atoms with Gasteiger partial charge in [0.15, 0.2) is 11.5 Å². The van der Waals surface area contributed by atoms with Gasteiger partial charge in [-0.05, 0) is 61.2 Å². The number of amides is 1. The number of methoxy groups -OCH3 is 2. The maximum absolute atomic E-state index is 13.2. The molecule has 9 nitrogen and oxygen atoms in total. The van der Waals surface area contributed by atoms with Crippen molar-refractivity contribution in [2.45, 2.75) is 31.2 Å². The Hall–Kier alpha value is -2.66. The van der Waals surface area contributed by atoms with Gasteiger partial charge in [-0.3, -0.25) is 9.69 Å². The normalized spacial score (nSPS) is 19.1. The number of ether oxygens (including phenoxy) is 3. The lowest BCUT2D eigenvalue weighted by atomic mass is 9.93. The van der Waals surface area contributed by atoms with Gasteiger partial charge in [0.1, 0.15) is 0 Å². The first-order chi connectivity index (χ1) is 16.7. The standard InChI is InChI=1S/C25H33N3O6S/c1-17-5-6-20(14-24(17)35(30,31)28-9-11-34-12-10-28)26-25(29)16-27-8-7-19-13-22(32-3)23(33-4)15-21(19)18(27)2/h5-6,13-15,18H,7-12,16H2,1-4H3,(H,26,29)/t18-/m1/s1. The third kappa shape index (κ3) is 5.30. The summed E-state index contributed by atoms with van der Waals surface area (Å²) in [5, 5.41) is 2.88. The zero-order valence-electron chi connectivity index (χ0n) is 20.7. The van der Waals surface area contributed by atoms with Gasteiger partial charge >= 0.3 is 0 Å². The van der Waals surface area contributed by atoms with E-state index >= 15 is 0 Å². The molecule has 1 fully saturated rings. The van der Waals surface area contributed by atoms with E-state index in [2.05, 4.69) is 17.1 Å². The number of rotatable bonds is 7. The highest BCUT2D eigenvalue weighted by atomic mass is 32.2. The van der Waals surface area contributed by atoms with Gasteiger partial charge in [-0.2, -0.15) is 4.31 Å². The predicted molar refractivity (Wildman–Crippen MR) is 133 cm³/mol. The number of carbonyl (C=O) groups excluding carboxylic acids is 1. The molecule has 35 heavy (non-hydrogen) atoms. The van der Waals surface area contributed by atoms with Crippen molar-refractivity contribution in [3.05, 3.63) is 47.0 Å². The van der Waals surface area contributed by atoms with Gasteiger partial charge in [-0.15, -0.1) is 0 Å². The molecule has 2 aliphatic heterocycles. The molecule has 2 aromatic carbocycles. The van der Waals surface area contributed by atoms with Crippen molar-refractivity contribution >= 4 is 21.6 Å². The van der Waals surface area contributed by atoms with Gasteiger partial charge < -0.3 is 19.5 Å². The first-order valence-electron chi connectivity index (χ1n) is 11.7. The molecule has 0 unspecified atom stereocenters. The molecule has 0 bridgehead atoms. The van der Waals surface area contributed by atoms with Crippen molar-refractivity contribution < 1.29 is 27.4 Å². The van der Waals surface area contributed by atoms with E-state index in [0.29, 0.717) is 49.1 Å². The minimum atomic E-state index is -3.66. The lowest BCUT2D eigenvalue weighted by Crippen LogP contribution is -2.41. The van der Waals surface area contributed by atoms with Crippen LogP contribution in [0.2, 0.25) is 0 Å². The molecular formula is C25H33N3O6S. The van der Waals surface area contributed by atoms with Crippen molar-refractivity contribution in [2.75, 3.05) is 58.9 Å². The second-order valence-electron chi connectivity index (χ2n) is 8.85. The zero-order valence-corrected chi connectivity index (χ0v) is 21.5. The molecule has 1 atom stereocenters. The van der Waals surface area contributed by atoms with Crippen LogP contribution >= 0.6 is 0 Å². The van der Waals surface area contributed by atoms with Crippen LogP contribution in [0.1, 0.15) is 29.7 Å². The zero-order chi connectivity index (χ0) is 25.2. The van der Waals surface area contributed by atoms with Gasteiger partial charge in [0.2, 0.25) is 15.9 Å². The highest BCUT2D eigenvalue weighted by molar-refractivity contribution is 7.89. The Bertz CT molecular complexity index is 1190. The molecule has 0 spiro atoms. The summed E-state index contributed by atoms with van der Waals surface area (Å²) in [4.78, 5) is 15.2. The number of sulfonamides is 1. The molecule has 1 N–H and O–H groups in total. The summed E-state index contributed by atoms with van der Waals surface area (Å²) in [5.74, 6) is 1.17. The first kappa shape index (κ1) is 25.4. The van der Waals surface area contributed by atoms with Crippen LogP contribution in [-0.4, -0.2) is 77.1 Å². The van der Waals surface area contributed by atoms with E-state index < -0.39 is 10.0 Å². The van der Waals surface area contributed by atoms with E-state index in [1.54, 1.807) is 39.3 Å². The third-order valence-corrected chi connectivity index (χ3v) is 8.76. The highest BCUT2D eigenvalue weighted by Crippen LogP contribution is 2.37. The van der Waals surface area contributed by atoms with Gasteiger partial charge in [0, 0.05) is 31.4 Å². The second-order valence-corrected chi connectivity index (χ2v) is 10.8. The number of nitrogens with zero attached hydrogens (tertiary/aromatic N) is 2. The van der Waals surface area contributed by atoms with Crippen LogP contribution < -0.4 is 14.8 Å². The Morgan fingerprint density at radius 2 is 1.77 bits per heavy atom. The summed E-state index contributed by atoms with van der Waals surface area (Å²) in [7, 11) is -0.433. The molecule has 0 aromatic heterocycles. The number of hydrogen-bond donors (Lipinski definition) is 1. The molecule has 10 heteroatoms. The molecule has 1 saturated heterocycles. The molecule has 0 radical (unpaired) electrons. The maximum Gasteiger partial charge on any atom is 0.243 e. The van der Waals surface area contributed by atoms with E-state index in [9.17, 15) is 13.2 Å². The summed E-state index contributed by atoms with van der Waals surface area (Å²) in [6, 6.07) is 9.00. The fourth-order valence-corrected chi connectivity index (χ4v) is 6.34. The van der Waals surface area contributed by atoms with Gasteiger partial charge in [-0.25, -0.2) is 8.42 Å². The number of benzene rings is 2. The Morgan fingerprint density at radius 1 is 1.09 bits per heavy atom. The summed E-state index contributed by atoms with van der Waals surface area (Å²) in [5.41, 5.74) is 3.39. The van der Waals surface area contributed by atoms with Crippen molar-refractivity contribution in [1.29, 1.82) is 0 Å². The summed E-state index contributed by atoms with van der Waals surface area (Å²) >= 11 is 0. The third-order valence-electron chi connectivity index (χ3n) is 6.72. The number of fused-ring (bicyclic) bond motifs is 1. The van der Waals surface area contributed by atoms with Crippen molar-refractivity contribution in [2.24, 2.45) is 0 Å². The van der Waals surface area contributed by atoms with Crippen LogP contribution in [-0.2, 0) is 26.0 Å². The molecule has 2 aromatic rings. The van der Waals surface area contributed by atoms with Crippen LogP contribution in [0.5, 0.6) is 11.5 Å². The number of anilines is 1. The highest BCUT2D eigenvalue weighted by Gasteiger charge is 2.29. The molecule has 190 valence electrons. The fourth-order valence-electron chi connectivity index (χ4n) is 4.68.